The molecule has 2 heteroatoms. The Labute approximate surface area is 60.3 Å². The third-order valence-corrected chi connectivity index (χ3v) is 0.900. The van der Waals surface area contributed by atoms with Crippen molar-refractivity contribution in [3.63, 3.8) is 0 Å². The lowest BCUT2D eigenvalue weighted by atomic mass is 10.2. The molecule has 0 radical (unpaired) electrons. The van der Waals surface area contributed by atoms with Crippen LogP contribution in [0.3, 0.4) is 0 Å². The average Bonchev–Trinajstić information content (AvgIpc) is 2.34. The molecule has 1 aromatic heterocycles. The minimum atomic E-state index is 0.367. The zero-order valence-electron chi connectivity index (χ0n) is 6.09. The first-order chi connectivity index (χ1) is 4.79. The Morgan fingerprint density at radius 1 is 1.60 bits per heavy atom. The third kappa shape index (κ3) is 1.94. The molecule has 10 heavy (non-hydrogen) atoms. The van der Waals surface area contributed by atoms with Crippen LogP contribution in [-0.2, 0) is 0 Å². The zero-order chi connectivity index (χ0) is 7.40. The smallest absolute Gasteiger partial charge is 0.273 e. The first-order valence-electron chi connectivity index (χ1n) is 3.20. The molecule has 0 aromatic carbocycles. The van der Waals surface area contributed by atoms with Crippen LogP contribution in [0.4, 0.5) is 0 Å². The van der Waals surface area contributed by atoms with Gasteiger partial charge in [0.2, 0.25) is 0 Å². The van der Waals surface area contributed by atoms with E-state index in [1.165, 1.54) is 6.26 Å². The van der Waals surface area contributed by atoms with E-state index in [-0.39, 0.29) is 0 Å². The molecule has 0 aliphatic rings. The van der Waals surface area contributed by atoms with Crippen molar-refractivity contribution in [2.75, 3.05) is 0 Å². The van der Waals surface area contributed by atoms with Gasteiger partial charge in [0, 0.05) is 5.92 Å². The number of hydrogen-bond donors (Lipinski definition) is 0. The number of aromatic nitrogens is 1. The average molecular weight is 135 g/mol. The first-order valence-corrected chi connectivity index (χ1v) is 3.20. The highest BCUT2D eigenvalue weighted by Gasteiger charge is 1.88. The van der Waals surface area contributed by atoms with Gasteiger partial charge in [0.05, 0.1) is 6.20 Å². The predicted molar refractivity (Wildman–Crippen MR) is 38.2 cm³/mol. The number of nitrogens with zero attached hydrogens (tertiary/aromatic N) is 1. The molecule has 52 valence electrons. The molecular weight excluding hydrogens is 126 g/mol. The molecule has 0 amide bonds. The van der Waals surface area contributed by atoms with Gasteiger partial charge in [-0.3, -0.25) is 0 Å². The molecule has 0 aliphatic carbocycles. The van der Waals surface area contributed by atoms with E-state index in [9.17, 15) is 0 Å². The second kappa shape index (κ2) is 3.07. The maximum Gasteiger partial charge on any atom is 0.273 e. The van der Waals surface area contributed by atoms with Crippen LogP contribution < -0.4 is 0 Å². The molecule has 0 saturated heterocycles. The summed E-state index contributed by atoms with van der Waals surface area (Å²) in [5.74, 6) is 6.60. The molecule has 0 bridgehead atoms. The summed E-state index contributed by atoms with van der Waals surface area (Å²) in [5.41, 5.74) is 0. The standard InChI is InChI=1S/C8H9NO/c1-7(2)3-4-8-9-5-6-10-8/h5-7H,1-2H3. The lowest BCUT2D eigenvalue weighted by Crippen LogP contribution is -1.78. The topological polar surface area (TPSA) is 26.0 Å². The van der Waals surface area contributed by atoms with Gasteiger partial charge in [-0.1, -0.05) is 19.8 Å². The van der Waals surface area contributed by atoms with Crippen molar-refractivity contribution in [2.45, 2.75) is 13.8 Å². The van der Waals surface area contributed by atoms with Crippen molar-refractivity contribution in [1.82, 2.24) is 4.98 Å². The SMILES string of the molecule is CC(C)C#Cc1ncco1. The van der Waals surface area contributed by atoms with Crippen molar-refractivity contribution >= 4 is 0 Å². The molecule has 2 nitrogen and oxygen atoms in total. The van der Waals surface area contributed by atoms with Gasteiger partial charge in [0.25, 0.3) is 5.89 Å². The van der Waals surface area contributed by atoms with Crippen LogP contribution >= 0.6 is 0 Å². The zero-order valence-corrected chi connectivity index (χ0v) is 6.09. The summed E-state index contributed by atoms with van der Waals surface area (Å²) in [5, 5.41) is 0. The minimum absolute atomic E-state index is 0.367. The van der Waals surface area contributed by atoms with Gasteiger partial charge in [-0.25, -0.2) is 4.98 Å². The van der Waals surface area contributed by atoms with E-state index in [1.54, 1.807) is 6.20 Å². The summed E-state index contributed by atoms with van der Waals surface area (Å²) in [6.45, 7) is 4.05. The number of hydrogen-bond acceptors (Lipinski definition) is 2. The fraction of sp³-hybridized carbons (Fsp3) is 0.375. The Balaban J connectivity index is 2.66. The molecule has 0 atom stereocenters. The van der Waals surface area contributed by atoms with Crippen LogP contribution in [0, 0.1) is 17.8 Å². The van der Waals surface area contributed by atoms with E-state index in [4.69, 9.17) is 4.42 Å². The van der Waals surface area contributed by atoms with Crippen LogP contribution in [0.15, 0.2) is 16.9 Å². The van der Waals surface area contributed by atoms with Gasteiger partial charge in [0.1, 0.15) is 6.26 Å². The fourth-order valence-corrected chi connectivity index (χ4v) is 0.491. The number of oxazole rings is 1. The number of rotatable bonds is 0. The second-order valence-electron chi connectivity index (χ2n) is 2.26. The minimum Gasteiger partial charge on any atom is -0.439 e. The van der Waals surface area contributed by atoms with Crippen molar-refractivity contribution < 1.29 is 4.42 Å². The van der Waals surface area contributed by atoms with E-state index >= 15 is 0 Å². The monoisotopic (exact) mass is 135 g/mol. The van der Waals surface area contributed by atoms with Crippen LogP contribution in [0.1, 0.15) is 19.7 Å². The van der Waals surface area contributed by atoms with Gasteiger partial charge in [-0.05, 0) is 5.92 Å². The molecular formula is C8H9NO. The molecule has 1 aromatic rings. The largest absolute Gasteiger partial charge is 0.439 e. The van der Waals surface area contributed by atoms with E-state index < -0.39 is 0 Å². The highest BCUT2D eigenvalue weighted by atomic mass is 16.3. The van der Waals surface area contributed by atoms with E-state index in [0.29, 0.717) is 11.8 Å². The van der Waals surface area contributed by atoms with Crippen molar-refractivity contribution in [3.05, 3.63) is 18.4 Å². The fourth-order valence-electron chi connectivity index (χ4n) is 0.491. The van der Waals surface area contributed by atoms with Gasteiger partial charge < -0.3 is 4.42 Å². The van der Waals surface area contributed by atoms with Gasteiger partial charge >= 0.3 is 0 Å². The van der Waals surface area contributed by atoms with Crippen molar-refractivity contribution in [2.24, 2.45) is 5.92 Å². The van der Waals surface area contributed by atoms with Crippen molar-refractivity contribution in [1.29, 1.82) is 0 Å². The van der Waals surface area contributed by atoms with Gasteiger partial charge in [-0.15, -0.1) is 0 Å². The lowest BCUT2D eigenvalue weighted by Gasteiger charge is -1.84. The predicted octanol–water partition coefficient (Wildman–Crippen LogP) is 1.68. The maximum atomic E-state index is 4.90. The normalized spacial score (nSPS) is 9.10. The summed E-state index contributed by atoms with van der Waals surface area (Å²) in [7, 11) is 0. The Bertz CT molecular complexity index is 238. The van der Waals surface area contributed by atoms with Crippen LogP contribution in [0.5, 0.6) is 0 Å². The molecule has 0 unspecified atom stereocenters. The maximum absolute atomic E-state index is 4.90. The summed E-state index contributed by atoms with van der Waals surface area (Å²) in [6, 6.07) is 0. The van der Waals surface area contributed by atoms with E-state index in [2.05, 4.69) is 16.8 Å². The first kappa shape index (κ1) is 6.88. The Morgan fingerprint density at radius 2 is 2.40 bits per heavy atom. The van der Waals surface area contributed by atoms with Gasteiger partial charge in [-0.2, -0.15) is 0 Å². The summed E-state index contributed by atoms with van der Waals surface area (Å²) in [4.78, 5) is 3.85. The van der Waals surface area contributed by atoms with Crippen LogP contribution in [0.25, 0.3) is 0 Å². The summed E-state index contributed by atoms with van der Waals surface area (Å²) < 4.78 is 4.90. The Morgan fingerprint density at radius 3 is 2.90 bits per heavy atom. The van der Waals surface area contributed by atoms with E-state index in [0.717, 1.165) is 0 Å². The Hall–Kier alpha value is -1.23. The third-order valence-electron chi connectivity index (χ3n) is 0.900. The lowest BCUT2D eigenvalue weighted by molar-refractivity contribution is 0.543. The molecule has 0 fully saturated rings. The Kier molecular flexibility index (Phi) is 2.11. The molecule has 1 heterocycles. The molecule has 0 spiro atoms. The molecule has 1 rings (SSSR count). The van der Waals surface area contributed by atoms with Crippen molar-refractivity contribution in [3.8, 4) is 11.8 Å². The molecule has 0 aliphatic heterocycles. The van der Waals surface area contributed by atoms with Gasteiger partial charge in [0.15, 0.2) is 0 Å². The van der Waals surface area contributed by atoms with E-state index in [1.807, 2.05) is 13.8 Å². The molecule has 0 N–H and O–H groups in total. The highest BCUT2D eigenvalue weighted by Crippen LogP contribution is 1.92. The highest BCUT2D eigenvalue weighted by molar-refractivity contribution is 5.17. The molecule has 0 saturated carbocycles. The summed E-state index contributed by atoms with van der Waals surface area (Å²) >= 11 is 0. The second-order valence-corrected chi connectivity index (χ2v) is 2.26. The quantitative estimate of drug-likeness (QED) is 0.506. The summed E-state index contributed by atoms with van der Waals surface area (Å²) in [6.07, 6.45) is 3.11. The van der Waals surface area contributed by atoms with Crippen LogP contribution in [-0.4, -0.2) is 4.98 Å². The van der Waals surface area contributed by atoms with Crippen LogP contribution in [0.2, 0.25) is 0 Å².